The Morgan fingerprint density at radius 3 is 2.12 bits per heavy atom. The van der Waals surface area contributed by atoms with Crippen molar-refractivity contribution in [1.82, 2.24) is 9.97 Å². The average molecular weight is 438 g/mol. The Labute approximate surface area is 194 Å². The van der Waals surface area contributed by atoms with Crippen LogP contribution in [0.4, 0.5) is 28.8 Å². The smallest absolute Gasteiger partial charge is 0.229 e. The number of benzene rings is 3. The van der Waals surface area contributed by atoms with Crippen molar-refractivity contribution in [3.63, 3.8) is 0 Å². The molecular weight excluding hydrogens is 410 g/mol. The van der Waals surface area contributed by atoms with Crippen LogP contribution in [0.1, 0.15) is 23.2 Å². The van der Waals surface area contributed by atoms with Crippen molar-refractivity contribution in [1.29, 1.82) is 0 Å². The van der Waals surface area contributed by atoms with Crippen LogP contribution in [0.15, 0.2) is 84.9 Å². The summed E-state index contributed by atoms with van der Waals surface area (Å²) in [4.78, 5) is 21.3. The molecule has 0 spiro atoms. The summed E-state index contributed by atoms with van der Waals surface area (Å²) in [5.74, 6) is 1.22. The lowest BCUT2D eigenvalue weighted by Crippen LogP contribution is -2.12. The van der Waals surface area contributed by atoms with Crippen LogP contribution in [-0.4, -0.2) is 15.9 Å². The molecule has 0 aliphatic carbocycles. The first kappa shape index (κ1) is 22.0. The standard InChI is InChI=1S/C27H27N5O/c1-19-8-11-24(12-9-19)31-27-28-20(2)18-25(32-27)29-22-13-15-23(16-14-22)30-26(33)17-10-21-6-4-3-5-7-21/h3-9,11-16,18H,10,17H2,1-2H3,(H,30,33)(H2,28,29,31,32). The Morgan fingerprint density at radius 1 is 0.758 bits per heavy atom. The first-order valence-corrected chi connectivity index (χ1v) is 10.9. The fourth-order valence-corrected chi connectivity index (χ4v) is 3.37. The lowest BCUT2D eigenvalue weighted by molar-refractivity contribution is -0.116. The molecule has 4 rings (SSSR count). The normalized spacial score (nSPS) is 10.5. The molecule has 0 fully saturated rings. The maximum atomic E-state index is 12.3. The first-order chi connectivity index (χ1) is 16.0. The zero-order chi connectivity index (χ0) is 23.0. The van der Waals surface area contributed by atoms with Gasteiger partial charge in [-0.25, -0.2) is 4.98 Å². The molecule has 3 N–H and O–H groups in total. The summed E-state index contributed by atoms with van der Waals surface area (Å²) >= 11 is 0. The number of amides is 1. The summed E-state index contributed by atoms with van der Waals surface area (Å²) in [5.41, 5.74) is 5.78. The van der Waals surface area contributed by atoms with Crippen molar-refractivity contribution in [2.75, 3.05) is 16.0 Å². The van der Waals surface area contributed by atoms with Crippen molar-refractivity contribution in [3.8, 4) is 0 Å². The Hall–Kier alpha value is -4.19. The molecule has 33 heavy (non-hydrogen) atoms. The monoisotopic (exact) mass is 437 g/mol. The molecule has 0 aliphatic heterocycles. The summed E-state index contributed by atoms with van der Waals surface area (Å²) in [5, 5.41) is 9.50. The van der Waals surface area contributed by atoms with Gasteiger partial charge in [-0.2, -0.15) is 4.98 Å². The van der Waals surface area contributed by atoms with Crippen LogP contribution in [0.2, 0.25) is 0 Å². The number of hydrogen-bond donors (Lipinski definition) is 3. The second-order valence-corrected chi connectivity index (χ2v) is 7.95. The Balaban J connectivity index is 1.35. The van der Waals surface area contributed by atoms with Gasteiger partial charge in [0.1, 0.15) is 5.82 Å². The zero-order valence-corrected chi connectivity index (χ0v) is 18.8. The van der Waals surface area contributed by atoms with Crippen molar-refractivity contribution in [2.45, 2.75) is 26.7 Å². The molecule has 4 aromatic rings. The summed E-state index contributed by atoms with van der Waals surface area (Å²) < 4.78 is 0. The summed E-state index contributed by atoms with van der Waals surface area (Å²) in [6.07, 6.45) is 1.17. The molecule has 6 nitrogen and oxygen atoms in total. The second-order valence-electron chi connectivity index (χ2n) is 7.95. The van der Waals surface area contributed by atoms with Crippen molar-refractivity contribution in [3.05, 3.63) is 102 Å². The molecule has 0 unspecified atom stereocenters. The highest BCUT2D eigenvalue weighted by molar-refractivity contribution is 5.91. The minimum absolute atomic E-state index is 0.00203. The van der Waals surface area contributed by atoms with E-state index in [0.717, 1.165) is 34.7 Å². The van der Waals surface area contributed by atoms with E-state index in [1.807, 2.05) is 91.9 Å². The summed E-state index contributed by atoms with van der Waals surface area (Å²) in [7, 11) is 0. The number of rotatable bonds is 8. The number of nitrogens with zero attached hydrogens (tertiary/aromatic N) is 2. The third kappa shape index (κ3) is 6.64. The second kappa shape index (κ2) is 10.4. The van der Waals surface area contributed by atoms with E-state index in [2.05, 4.69) is 32.8 Å². The maximum Gasteiger partial charge on any atom is 0.229 e. The lowest BCUT2D eigenvalue weighted by Gasteiger charge is -2.11. The number of nitrogens with one attached hydrogen (secondary N) is 3. The van der Waals surface area contributed by atoms with E-state index in [9.17, 15) is 4.79 Å². The number of carbonyl (C=O) groups excluding carboxylic acids is 1. The zero-order valence-electron chi connectivity index (χ0n) is 18.8. The molecule has 0 atom stereocenters. The molecule has 0 aliphatic rings. The third-order valence-electron chi connectivity index (χ3n) is 5.09. The van der Waals surface area contributed by atoms with E-state index < -0.39 is 0 Å². The van der Waals surface area contributed by atoms with Crippen LogP contribution in [-0.2, 0) is 11.2 Å². The molecule has 166 valence electrons. The van der Waals surface area contributed by atoms with E-state index >= 15 is 0 Å². The third-order valence-corrected chi connectivity index (χ3v) is 5.09. The number of carbonyl (C=O) groups is 1. The number of hydrogen-bond acceptors (Lipinski definition) is 5. The van der Waals surface area contributed by atoms with Gasteiger partial charge in [-0.1, -0.05) is 48.0 Å². The highest BCUT2D eigenvalue weighted by atomic mass is 16.1. The van der Waals surface area contributed by atoms with Gasteiger partial charge in [0.25, 0.3) is 0 Å². The van der Waals surface area contributed by atoms with Gasteiger partial charge < -0.3 is 16.0 Å². The van der Waals surface area contributed by atoms with Gasteiger partial charge in [0.2, 0.25) is 11.9 Å². The molecule has 1 amide bonds. The van der Waals surface area contributed by atoms with Gasteiger partial charge in [-0.3, -0.25) is 4.79 Å². The molecule has 0 radical (unpaired) electrons. The SMILES string of the molecule is Cc1ccc(Nc2nc(C)cc(Nc3ccc(NC(=O)CCc4ccccc4)cc3)n2)cc1. The molecule has 1 heterocycles. The van der Waals surface area contributed by atoms with Crippen molar-refractivity contribution in [2.24, 2.45) is 0 Å². The fraction of sp³-hybridized carbons (Fsp3) is 0.148. The van der Waals surface area contributed by atoms with Crippen molar-refractivity contribution >= 4 is 34.7 Å². The molecule has 0 bridgehead atoms. The summed E-state index contributed by atoms with van der Waals surface area (Å²) in [6.45, 7) is 3.98. The number of anilines is 5. The highest BCUT2D eigenvalue weighted by Crippen LogP contribution is 2.21. The highest BCUT2D eigenvalue weighted by Gasteiger charge is 2.06. The minimum atomic E-state index is -0.00203. The van der Waals surface area contributed by atoms with Crippen LogP contribution in [0.3, 0.4) is 0 Å². The molecule has 3 aromatic carbocycles. The van der Waals surface area contributed by atoms with Crippen LogP contribution in [0, 0.1) is 13.8 Å². The van der Waals surface area contributed by atoms with Crippen molar-refractivity contribution < 1.29 is 4.79 Å². The van der Waals surface area contributed by atoms with Crippen LogP contribution < -0.4 is 16.0 Å². The summed E-state index contributed by atoms with van der Waals surface area (Å²) in [6, 6.07) is 27.6. The van der Waals surface area contributed by atoms with Crippen LogP contribution in [0.25, 0.3) is 0 Å². The molecule has 0 saturated heterocycles. The molecule has 6 heteroatoms. The molecular formula is C27H27N5O. The fourth-order valence-electron chi connectivity index (χ4n) is 3.37. The predicted molar refractivity (Wildman–Crippen MR) is 134 cm³/mol. The number of aryl methyl sites for hydroxylation is 3. The van der Waals surface area contributed by atoms with Crippen LogP contribution >= 0.6 is 0 Å². The van der Waals surface area contributed by atoms with Crippen LogP contribution in [0.5, 0.6) is 0 Å². The average Bonchev–Trinajstić information content (AvgIpc) is 2.81. The maximum absolute atomic E-state index is 12.3. The Kier molecular flexibility index (Phi) is 6.95. The quantitative estimate of drug-likeness (QED) is 0.308. The van der Waals surface area contributed by atoms with Gasteiger partial charge in [-0.15, -0.1) is 0 Å². The predicted octanol–water partition coefficient (Wildman–Crippen LogP) is 6.15. The van der Waals surface area contributed by atoms with Gasteiger partial charge in [0, 0.05) is 35.2 Å². The van der Waals surface area contributed by atoms with Gasteiger partial charge >= 0.3 is 0 Å². The number of aromatic nitrogens is 2. The Morgan fingerprint density at radius 2 is 1.39 bits per heavy atom. The Bertz CT molecular complexity index is 1210. The first-order valence-electron chi connectivity index (χ1n) is 10.9. The van der Waals surface area contributed by atoms with Gasteiger partial charge in [0.15, 0.2) is 0 Å². The lowest BCUT2D eigenvalue weighted by atomic mass is 10.1. The van der Waals surface area contributed by atoms with E-state index in [-0.39, 0.29) is 5.91 Å². The van der Waals surface area contributed by atoms with E-state index in [4.69, 9.17) is 0 Å². The topological polar surface area (TPSA) is 78.9 Å². The largest absolute Gasteiger partial charge is 0.340 e. The van der Waals surface area contributed by atoms with Gasteiger partial charge in [0.05, 0.1) is 0 Å². The van der Waals surface area contributed by atoms with E-state index in [1.54, 1.807) is 0 Å². The van der Waals surface area contributed by atoms with E-state index in [0.29, 0.717) is 18.2 Å². The molecule has 0 saturated carbocycles. The molecule has 1 aromatic heterocycles. The van der Waals surface area contributed by atoms with Gasteiger partial charge in [-0.05, 0) is 62.2 Å². The minimum Gasteiger partial charge on any atom is -0.340 e. The van der Waals surface area contributed by atoms with E-state index in [1.165, 1.54) is 5.56 Å².